The maximum absolute atomic E-state index is 11.3. The van der Waals surface area contributed by atoms with Crippen molar-refractivity contribution in [2.75, 3.05) is 6.54 Å². The first-order valence-corrected chi connectivity index (χ1v) is 6.35. The summed E-state index contributed by atoms with van der Waals surface area (Å²) in [4.78, 5) is 12.4. The third-order valence-electron chi connectivity index (χ3n) is 2.90. The first kappa shape index (κ1) is 11.4. The first-order chi connectivity index (χ1) is 7.74. The van der Waals surface area contributed by atoms with Crippen molar-refractivity contribution in [2.24, 2.45) is 0 Å². The van der Waals surface area contributed by atoms with E-state index in [9.17, 15) is 9.90 Å². The molecule has 2 heterocycles. The van der Waals surface area contributed by atoms with Crippen LogP contribution in [0.5, 0.6) is 0 Å². The molecule has 3 nitrogen and oxygen atoms in total. The van der Waals surface area contributed by atoms with Crippen molar-refractivity contribution in [3.05, 3.63) is 28.0 Å². The average Bonchev–Trinajstić information content (AvgIpc) is 2.81. The van der Waals surface area contributed by atoms with E-state index in [1.165, 1.54) is 0 Å². The summed E-state index contributed by atoms with van der Waals surface area (Å²) in [6, 6.07) is 3.96. The van der Waals surface area contributed by atoms with Crippen LogP contribution in [-0.4, -0.2) is 23.7 Å². The predicted octanol–water partition coefficient (Wildman–Crippen LogP) is 2.36. The zero-order chi connectivity index (χ0) is 11.5. The van der Waals surface area contributed by atoms with Crippen molar-refractivity contribution in [3.63, 3.8) is 0 Å². The quantitative estimate of drug-likeness (QED) is 0.848. The second-order valence-electron chi connectivity index (χ2n) is 3.84. The molecule has 0 amide bonds. The van der Waals surface area contributed by atoms with E-state index in [0.717, 1.165) is 29.8 Å². The Bertz CT molecular complexity index is 409. The number of hydrogen-bond acceptors (Lipinski definition) is 3. The number of hydrogen-bond donors (Lipinski definition) is 2. The molecule has 86 valence electrons. The van der Waals surface area contributed by atoms with Crippen molar-refractivity contribution in [1.29, 1.82) is 0 Å². The molecular formula is C12H15NO2S. The molecule has 0 aliphatic carbocycles. The van der Waals surface area contributed by atoms with E-state index in [-0.39, 0.29) is 6.04 Å². The lowest BCUT2D eigenvalue weighted by Crippen LogP contribution is -2.38. The average molecular weight is 237 g/mol. The van der Waals surface area contributed by atoms with Crippen molar-refractivity contribution in [1.82, 2.24) is 5.32 Å². The highest BCUT2D eigenvalue weighted by Gasteiger charge is 2.27. The highest BCUT2D eigenvalue weighted by Crippen LogP contribution is 2.31. The molecule has 4 heteroatoms. The van der Waals surface area contributed by atoms with Crippen LogP contribution in [0.4, 0.5) is 0 Å². The molecular weight excluding hydrogens is 222 g/mol. The van der Waals surface area contributed by atoms with Gasteiger partial charge < -0.3 is 10.4 Å². The number of rotatable bonds is 3. The molecule has 0 spiro atoms. The number of aliphatic carboxylic acids is 1. The van der Waals surface area contributed by atoms with Gasteiger partial charge in [0, 0.05) is 10.9 Å². The minimum absolute atomic E-state index is 0.0108. The summed E-state index contributed by atoms with van der Waals surface area (Å²) in [5, 5.41) is 14.6. The fourth-order valence-corrected chi connectivity index (χ4v) is 2.97. The highest BCUT2D eigenvalue weighted by atomic mass is 32.1. The number of thiophene rings is 1. The van der Waals surface area contributed by atoms with Crippen LogP contribution in [0.1, 0.15) is 24.6 Å². The van der Waals surface area contributed by atoms with Crippen LogP contribution in [0.3, 0.4) is 0 Å². The van der Waals surface area contributed by atoms with Gasteiger partial charge in [0.05, 0.1) is 5.57 Å². The summed E-state index contributed by atoms with van der Waals surface area (Å²) in [6.45, 7) is 2.88. The Labute approximate surface area is 98.8 Å². The molecule has 1 aromatic heterocycles. The molecule has 0 radical (unpaired) electrons. The van der Waals surface area contributed by atoms with Crippen LogP contribution < -0.4 is 5.32 Å². The van der Waals surface area contributed by atoms with Gasteiger partial charge in [0.25, 0.3) is 0 Å². The maximum Gasteiger partial charge on any atom is 0.333 e. The zero-order valence-electron chi connectivity index (χ0n) is 9.19. The van der Waals surface area contributed by atoms with Gasteiger partial charge in [-0.1, -0.05) is 13.0 Å². The Morgan fingerprint density at radius 2 is 2.50 bits per heavy atom. The van der Waals surface area contributed by atoms with E-state index in [1.54, 1.807) is 11.3 Å². The SMILES string of the molecule is CCC1NCCC(c2cccs2)=C1C(=O)O. The molecule has 0 bridgehead atoms. The van der Waals surface area contributed by atoms with Crippen molar-refractivity contribution in [3.8, 4) is 0 Å². The van der Waals surface area contributed by atoms with Crippen molar-refractivity contribution < 1.29 is 9.90 Å². The van der Waals surface area contributed by atoms with Crippen LogP contribution >= 0.6 is 11.3 Å². The van der Waals surface area contributed by atoms with E-state index in [1.807, 2.05) is 24.4 Å². The summed E-state index contributed by atoms with van der Waals surface area (Å²) in [5.41, 5.74) is 1.56. The third kappa shape index (κ3) is 2.03. The van der Waals surface area contributed by atoms with E-state index < -0.39 is 5.97 Å². The molecule has 0 saturated carbocycles. The van der Waals surface area contributed by atoms with E-state index in [2.05, 4.69) is 5.32 Å². The highest BCUT2D eigenvalue weighted by molar-refractivity contribution is 7.11. The molecule has 0 aromatic carbocycles. The summed E-state index contributed by atoms with van der Waals surface area (Å²) >= 11 is 1.61. The van der Waals surface area contributed by atoms with E-state index in [4.69, 9.17) is 0 Å². The lowest BCUT2D eigenvalue weighted by molar-refractivity contribution is -0.133. The van der Waals surface area contributed by atoms with Crippen molar-refractivity contribution in [2.45, 2.75) is 25.8 Å². The summed E-state index contributed by atoms with van der Waals surface area (Å²) < 4.78 is 0. The van der Waals surface area contributed by atoms with Gasteiger partial charge in [-0.3, -0.25) is 0 Å². The Hall–Kier alpha value is -1.13. The fraction of sp³-hybridized carbons (Fsp3) is 0.417. The van der Waals surface area contributed by atoms with Gasteiger partial charge in [0.2, 0.25) is 0 Å². The van der Waals surface area contributed by atoms with Crippen LogP contribution in [0, 0.1) is 0 Å². The molecule has 1 unspecified atom stereocenters. The summed E-state index contributed by atoms with van der Waals surface area (Å²) in [7, 11) is 0. The van der Waals surface area contributed by atoms with E-state index in [0.29, 0.717) is 5.57 Å². The van der Waals surface area contributed by atoms with Gasteiger partial charge in [-0.25, -0.2) is 4.79 Å². The lowest BCUT2D eigenvalue weighted by atomic mass is 9.92. The van der Waals surface area contributed by atoms with Gasteiger partial charge in [0.15, 0.2) is 0 Å². The largest absolute Gasteiger partial charge is 0.478 e. The molecule has 1 aliphatic heterocycles. The minimum atomic E-state index is -0.789. The zero-order valence-corrected chi connectivity index (χ0v) is 10.0. The number of nitrogens with one attached hydrogen (secondary N) is 1. The maximum atomic E-state index is 11.3. The minimum Gasteiger partial charge on any atom is -0.478 e. The summed E-state index contributed by atoms with van der Waals surface area (Å²) in [6.07, 6.45) is 1.62. The number of carboxylic acid groups (broad SMARTS) is 1. The van der Waals surface area contributed by atoms with Gasteiger partial charge in [0.1, 0.15) is 0 Å². The Balaban J connectivity index is 2.47. The second kappa shape index (κ2) is 4.80. The molecule has 1 aromatic rings. The molecule has 2 N–H and O–H groups in total. The standard InChI is InChI=1S/C12H15NO2S/c1-2-9-11(12(14)15)8(5-6-13-9)10-4-3-7-16-10/h3-4,7,9,13H,2,5-6H2,1H3,(H,14,15). The van der Waals surface area contributed by atoms with Gasteiger partial charge in [-0.05, 0) is 36.4 Å². The molecule has 16 heavy (non-hydrogen) atoms. The summed E-state index contributed by atoms with van der Waals surface area (Å²) in [5.74, 6) is -0.789. The number of carboxylic acids is 1. The molecule has 1 atom stereocenters. The van der Waals surface area contributed by atoms with Crippen LogP contribution in [0.15, 0.2) is 23.1 Å². The van der Waals surface area contributed by atoms with Gasteiger partial charge in [-0.2, -0.15) is 0 Å². The topological polar surface area (TPSA) is 49.3 Å². The second-order valence-corrected chi connectivity index (χ2v) is 4.79. The Morgan fingerprint density at radius 3 is 3.06 bits per heavy atom. The van der Waals surface area contributed by atoms with Crippen LogP contribution in [-0.2, 0) is 4.79 Å². The molecule has 0 fully saturated rings. The first-order valence-electron chi connectivity index (χ1n) is 5.47. The Kier molecular flexibility index (Phi) is 3.41. The fourth-order valence-electron chi connectivity index (χ4n) is 2.15. The Morgan fingerprint density at radius 1 is 1.69 bits per heavy atom. The molecule has 0 saturated heterocycles. The van der Waals surface area contributed by atoms with E-state index >= 15 is 0 Å². The predicted molar refractivity (Wildman–Crippen MR) is 65.6 cm³/mol. The van der Waals surface area contributed by atoms with Gasteiger partial charge >= 0.3 is 5.97 Å². The van der Waals surface area contributed by atoms with Crippen molar-refractivity contribution >= 4 is 22.9 Å². The van der Waals surface area contributed by atoms with Crippen LogP contribution in [0.25, 0.3) is 5.57 Å². The van der Waals surface area contributed by atoms with Gasteiger partial charge in [-0.15, -0.1) is 11.3 Å². The van der Waals surface area contributed by atoms with Crippen LogP contribution in [0.2, 0.25) is 0 Å². The molecule has 2 rings (SSSR count). The lowest BCUT2D eigenvalue weighted by Gasteiger charge is -2.26. The monoisotopic (exact) mass is 237 g/mol. The molecule has 1 aliphatic rings. The number of carbonyl (C=O) groups is 1. The third-order valence-corrected chi connectivity index (χ3v) is 3.83. The smallest absolute Gasteiger partial charge is 0.333 e. The normalized spacial score (nSPS) is 21.2.